The van der Waals surface area contributed by atoms with Gasteiger partial charge in [-0.05, 0) is 65.1 Å². The molecule has 0 radical (unpaired) electrons. The van der Waals surface area contributed by atoms with Crippen molar-refractivity contribution in [3.05, 3.63) is 0 Å². The van der Waals surface area contributed by atoms with Gasteiger partial charge in [0.1, 0.15) is 17.7 Å². The molecule has 2 aliphatic carbocycles. The Morgan fingerprint density at radius 3 is 2.27 bits per heavy atom. The van der Waals surface area contributed by atoms with Gasteiger partial charge in [0.25, 0.3) is 0 Å². The van der Waals surface area contributed by atoms with Gasteiger partial charge in [-0.15, -0.1) is 0 Å². The molecule has 5 atom stereocenters. The van der Waals surface area contributed by atoms with E-state index in [-0.39, 0.29) is 35.9 Å². The van der Waals surface area contributed by atoms with Gasteiger partial charge in [0.15, 0.2) is 10.8 Å². The number of Topliss-reactive ketones (excluding diaryl/α,β-unsaturated/α-hetero) is 1. The van der Waals surface area contributed by atoms with Crippen molar-refractivity contribution in [3.63, 3.8) is 0 Å². The van der Waals surface area contributed by atoms with Crippen LogP contribution in [0.5, 0.6) is 0 Å². The molecule has 146 valence electrons. The molecule has 0 aromatic carbocycles. The fourth-order valence-electron chi connectivity index (χ4n) is 4.83. The minimum Gasteiger partial charge on any atom is -0.483 e. The van der Waals surface area contributed by atoms with Gasteiger partial charge in [-0.3, -0.25) is 9.69 Å². The highest BCUT2D eigenvalue weighted by molar-refractivity contribution is 7.80. The number of rotatable bonds is 4. The van der Waals surface area contributed by atoms with E-state index in [9.17, 15) is 9.59 Å². The molecule has 4 fully saturated rings. The molecule has 0 aromatic heterocycles. The van der Waals surface area contributed by atoms with Crippen molar-refractivity contribution in [2.75, 3.05) is 0 Å². The van der Waals surface area contributed by atoms with Crippen molar-refractivity contribution < 1.29 is 19.1 Å². The van der Waals surface area contributed by atoms with Crippen molar-refractivity contribution in [3.8, 4) is 0 Å². The van der Waals surface area contributed by atoms with Crippen LogP contribution in [0.15, 0.2) is 0 Å². The van der Waals surface area contributed by atoms with E-state index in [1.54, 1.807) is 18.7 Å². The number of ketones is 1. The summed E-state index contributed by atoms with van der Waals surface area (Å²) >= 11 is 5.22. The van der Waals surface area contributed by atoms with E-state index in [1.807, 2.05) is 20.8 Å². The topological polar surface area (TPSA) is 55.8 Å². The molecule has 2 bridgehead atoms. The van der Waals surface area contributed by atoms with Crippen LogP contribution < -0.4 is 0 Å². The van der Waals surface area contributed by atoms with E-state index in [1.165, 1.54) is 12.8 Å². The third-order valence-electron chi connectivity index (χ3n) is 5.82. The molecular weight excluding hydrogens is 350 g/mol. The molecule has 2 heterocycles. The molecule has 0 N–H and O–H groups in total. The molecule has 2 saturated carbocycles. The largest absolute Gasteiger partial charge is 0.483 e. The predicted molar refractivity (Wildman–Crippen MR) is 103 cm³/mol. The average Bonchev–Trinajstić information content (AvgIpc) is 3.30. The molecule has 2 saturated heterocycles. The van der Waals surface area contributed by atoms with Gasteiger partial charge in [-0.25, -0.2) is 4.79 Å². The maximum atomic E-state index is 13.0. The highest BCUT2D eigenvalue weighted by atomic mass is 32.1. The van der Waals surface area contributed by atoms with Gasteiger partial charge in [0.2, 0.25) is 0 Å². The zero-order valence-electron chi connectivity index (χ0n) is 16.5. The number of amides is 1. The maximum absolute atomic E-state index is 13.0. The number of thiocarbonyl (C=S) groups is 1. The molecule has 4 aliphatic rings. The second-order valence-corrected chi connectivity index (χ2v) is 9.74. The summed E-state index contributed by atoms with van der Waals surface area (Å²) in [6.45, 7) is 8.94. The Bertz CT molecular complexity index is 595. The van der Waals surface area contributed by atoms with Crippen molar-refractivity contribution in [1.29, 1.82) is 0 Å². The summed E-state index contributed by atoms with van der Waals surface area (Å²) in [7, 11) is 0. The lowest BCUT2D eigenvalue weighted by molar-refractivity contribution is -0.150. The molecule has 6 heteroatoms. The van der Waals surface area contributed by atoms with Crippen molar-refractivity contribution in [2.24, 2.45) is 17.8 Å². The first-order valence-corrected chi connectivity index (χ1v) is 10.2. The Morgan fingerprint density at radius 1 is 1.12 bits per heavy atom. The normalized spacial score (nSPS) is 33.7. The van der Waals surface area contributed by atoms with Gasteiger partial charge in [-0.1, -0.05) is 12.8 Å². The summed E-state index contributed by atoms with van der Waals surface area (Å²) in [4.78, 5) is 27.2. The first-order valence-electron chi connectivity index (χ1n) is 9.77. The molecule has 5 nitrogen and oxygen atoms in total. The van der Waals surface area contributed by atoms with Crippen molar-refractivity contribution in [2.45, 2.75) is 90.5 Å². The van der Waals surface area contributed by atoms with Crippen molar-refractivity contribution >= 4 is 29.1 Å². The Labute approximate surface area is 161 Å². The molecule has 2 aliphatic heterocycles. The van der Waals surface area contributed by atoms with Gasteiger partial charge >= 0.3 is 6.09 Å². The first kappa shape index (κ1) is 19.6. The van der Waals surface area contributed by atoms with E-state index < -0.39 is 11.6 Å². The average molecular weight is 382 g/mol. The summed E-state index contributed by atoms with van der Waals surface area (Å²) in [5.74, 6) is 0.937. The summed E-state index contributed by atoms with van der Waals surface area (Å²) in [5.41, 5.74) is -0.581. The van der Waals surface area contributed by atoms with Crippen LogP contribution in [0.1, 0.15) is 66.7 Å². The lowest BCUT2D eigenvalue weighted by Gasteiger charge is -2.57. The molecule has 4 rings (SSSR count). The number of carbonyl (C=O) groups is 2. The second-order valence-electron chi connectivity index (χ2n) is 9.17. The van der Waals surface area contributed by atoms with Crippen LogP contribution in [0, 0.1) is 17.8 Å². The second kappa shape index (κ2) is 7.10. The van der Waals surface area contributed by atoms with Crippen LogP contribution in [-0.4, -0.2) is 45.6 Å². The molecule has 1 amide bonds. The Morgan fingerprint density at radius 2 is 1.77 bits per heavy atom. The van der Waals surface area contributed by atoms with E-state index in [0.717, 1.165) is 19.3 Å². The van der Waals surface area contributed by atoms with Crippen LogP contribution in [0.4, 0.5) is 4.79 Å². The minimum atomic E-state index is -0.581. The number of hydrogen-bond donors (Lipinski definition) is 0. The van der Waals surface area contributed by atoms with E-state index >= 15 is 0 Å². The lowest BCUT2D eigenvalue weighted by atomic mass is 9.64. The quantitative estimate of drug-likeness (QED) is 0.686. The maximum Gasteiger partial charge on any atom is 0.411 e. The van der Waals surface area contributed by atoms with Crippen molar-refractivity contribution in [1.82, 2.24) is 4.90 Å². The molecular formula is C20H31NO4S. The molecule has 0 aromatic rings. The highest BCUT2D eigenvalue weighted by Gasteiger charge is 2.58. The monoisotopic (exact) mass is 381 g/mol. The van der Waals surface area contributed by atoms with Gasteiger partial charge in [-0.2, -0.15) is 0 Å². The fourth-order valence-corrected chi connectivity index (χ4v) is 4.94. The van der Waals surface area contributed by atoms with E-state index in [4.69, 9.17) is 21.7 Å². The summed E-state index contributed by atoms with van der Waals surface area (Å²) < 4.78 is 11.7. The summed E-state index contributed by atoms with van der Waals surface area (Å²) in [5, 5.41) is 0.523. The van der Waals surface area contributed by atoms with Crippen LogP contribution in [0.25, 0.3) is 0 Å². The smallest absolute Gasteiger partial charge is 0.411 e. The number of piperidine rings is 2. The highest BCUT2D eigenvalue weighted by Crippen LogP contribution is 2.50. The van der Waals surface area contributed by atoms with Gasteiger partial charge < -0.3 is 9.47 Å². The molecule has 0 unspecified atom stereocenters. The van der Waals surface area contributed by atoms with E-state index in [0.29, 0.717) is 11.0 Å². The Kier molecular flexibility index (Phi) is 5.35. The fraction of sp³-hybridized carbons (Fsp3) is 0.850. The third-order valence-corrected chi connectivity index (χ3v) is 5.92. The van der Waals surface area contributed by atoms with Crippen LogP contribution in [0.3, 0.4) is 0 Å². The van der Waals surface area contributed by atoms with Gasteiger partial charge in [0, 0.05) is 24.8 Å². The minimum absolute atomic E-state index is 0.00560. The Balaban J connectivity index is 1.92. The van der Waals surface area contributed by atoms with Gasteiger partial charge in [0.05, 0.1) is 0 Å². The predicted octanol–water partition coefficient (Wildman–Crippen LogP) is 4.12. The number of fused-ring (bicyclic) bond motifs is 3. The Hall–Kier alpha value is -1.17. The number of ether oxygens (including phenoxy) is 2. The first-order chi connectivity index (χ1) is 12.1. The number of nitrogens with zero attached hydrogens (tertiary/aromatic N) is 1. The zero-order chi connectivity index (χ0) is 19.2. The zero-order valence-corrected chi connectivity index (χ0v) is 17.3. The summed E-state index contributed by atoms with van der Waals surface area (Å²) in [6, 6.07) is -0.484. The molecule has 0 spiro atoms. The SMILES string of the molecule is CC(=O)[C@@H]1[C@@H]2CC[C@@H]([C@@H](CC3CC3)[C@H]2OC(C)=S)N1C(=O)OC(C)(C)C. The van der Waals surface area contributed by atoms with Crippen LogP contribution >= 0.6 is 12.2 Å². The number of carbonyl (C=O) groups excluding carboxylic acids is 2. The standard InChI is InChI=1S/C20H31NO4S/c1-11(22)17-14-8-9-16(21(17)19(23)25-20(3,4)5)15(10-13-6-7-13)18(14)24-12(2)26/h13-18H,6-10H2,1-5H3/t14-,15+,16-,17+,18-/m0/s1. The third kappa shape index (κ3) is 4.05. The summed E-state index contributed by atoms with van der Waals surface area (Å²) in [6.07, 6.45) is 4.90. The van der Waals surface area contributed by atoms with Crippen LogP contribution in [0.2, 0.25) is 0 Å². The van der Waals surface area contributed by atoms with Crippen LogP contribution in [-0.2, 0) is 14.3 Å². The number of hydrogen-bond acceptors (Lipinski definition) is 5. The van der Waals surface area contributed by atoms with E-state index in [2.05, 4.69) is 0 Å². The lowest BCUT2D eigenvalue weighted by Crippen LogP contribution is -2.69. The molecule has 26 heavy (non-hydrogen) atoms.